The van der Waals surface area contributed by atoms with Crippen LogP contribution in [0, 0.1) is 0 Å². The number of rotatable bonds is 4. The highest BCUT2D eigenvalue weighted by Crippen LogP contribution is 2.34. The second kappa shape index (κ2) is 6.89. The van der Waals surface area contributed by atoms with Gasteiger partial charge in [-0.05, 0) is 56.8 Å². The predicted octanol–water partition coefficient (Wildman–Crippen LogP) is 3.34. The van der Waals surface area contributed by atoms with E-state index in [2.05, 4.69) is 43.3 Å². The number of ether oxygens (including phenoxy) is 1. The van der Waals surface area contributed by atoms with Crippen LogP contribution >= 0.6 is 0 Å². The minimum Gasteiger partial charge on any atom is -0.463 e. The summed E-state index contributed by atoms with van der Waals surface area (Å²) >= 11 is 0. The van der Waals surface area contributed by atoms with Crippen LogP contribution in [0.15, 0.2) is 24.3 Å². The van der Waals surface area contributed by atoms with Crippen LogP contribution in [0.25, 0.3) is 0 Å². The molecule has 0 spiro atoms. The maximum absolute atomic E-state index is 11.0. The van der Waals surface area contributed by atoms with Crippen molar-refractivity contribution in [1.82, 2.24) is 4.90 Å². The Balaban J connectivity index is 1.88. The molecule has 0 bridgehead atoms. The largest absolute Gasteiger partial charge is 0.463 e. The SMILES string of the molecule is CC(=O)O[C@H]1CC[C@H](c2ccc(CN(C)C)cc2)CC1. The smallest absolute Gasteiger partial charge is 0.302 e. The van der Waals surface area contributed by atoms with Gasteiger partial charge in [-0.3, -0.25) is 4.79 Å². The molecule has 0 heterocycles. The molecular formula is C17H25NO2. The molecule has 0 radical (unpaired) electrons. The number of hydrogen-bond acceptors (Lipinski definition) is 3. The van der Waals surface area contributed by atoms with Gasteiger partial charge in [-0.1, -0.05) is 24.3 Å². The van der Waals surface area contributed by atoms with Crippen molar-refractivity contribution >= 4 is 5.97 Å². The average molecular weight is 275 g/mol. The molecule has 0 aromatic heterocycles. The van der Waals surface area contributed by atoms with Crippen molar-refractivity contribution in [1.29, 1.82) is 0 Å². The fraction of sp³-hybridized carbons (Fsp3) is 0.588. The van der Waals surface area contributed by atoms with Crippen LogP contribution < -0.4 is 0 Å². The zero-order chi connectivity index (χ0) is 14.5. The Kier molecular flexibility index (Phi) is 5.18. The Morgan fingerprint density at radius 3 is 2.25 bits per heavy atom. The number of nitrogens with zero attached hydrogens (tertiary/aromatic N) is 1. The molecular weight excluding hydrogens is 250 g/mol. The predicted molar refractivity (Wildman–Crippen MR) is 80.6 cm³/mol. The number of hydrogen-bond donors (Lipinski definition) is 0. The molecule has 1 saturated carbocycles. The second-order valence-electron chi connectivity index (χ2n) is 6.06. The van der Waals surface area contributed by atoms with Crippen LogP contribution in [0.1, 0.15) is 49.7 Å². The summed E-state index contributed by atoms with van der Waals surface area (Å²) in [7, 11) is 4.18. The first kappa shape index (κ1) is 15.0. The van der Waals surface area contributed by atoms with Gasteiger partial charge in [0.1, 0.15) is 6.10 Å². The zero-order valence-electron chi connectivity index (χ0n) is 12.8. The second-order valence-corrected chi connectivity index (χ2v) is 6.06. The maximum Gasteiger partial charge on any atom is 0.302 e. The highest BCUT2D eigenvalue weighted by atomic mass is 16.5. The third kappa shape index (κ3) is 4.34. The summed E-state index contributed by atoms with van der Waals surface area (Å²) < 4.78 is 5.29. The molecule has 1 fully saturated rings. The molecule has 0 atom stereocenters. The van der Waals surface area contributed by atoms with E-state index in [4.69, 9.17) is 4.74 Å². The quantitative estimate of drug-likeness (QED) is 0.789. The molecule has 0 N–H and O–H groups in total. The maximum atomic E-state index is 11.0. The number of carbonyl (C=O) groups excluding carboxylic acids is 1. The van der Waals surface area contributed by atoms with Gasteiger partial charge in [-0.2, -0.15) is 0 Å². The summed E-state index contributed by atoms with van der Waals surface area (Å²) in [4.78, 5) is 13.1. The van der Waals surface area contributed by atoms with Gasteiger partial charge in [-0.15, -0.1) is 0 Å². The highest BCUT2D eigenvalue weighted by molar-refractivity contribution is 5.66. The summed E-state index contributed by atoms with van der Waals surface area (Å²) in [5.74, 6) is 0.469. The van der Waals surface area contributed by atoms with Crippen molar-refractivity contribution in [2.24, 2.45) is 0 Å². The monoisotopic (exact) mass is 275 g/mol. The highest BCUT2D eigenvalue weighted by Gasteiger charge is 2.23. The van der Waals surface area contributed by atoms with E-state index in [-0.39, 0.29) is 12.1 Å². The minimum absolute atomic E-state index is 0.136. The van der Waals surface area contributed by atoms with Crippen molar-refractivity contribution in [3.05, 3.63) is 35.4 Å². The Morgan fingerprint density at radius 2 is 1.75 bits per heavy atom. The lowest BCUT2D eigenvalue weighted by Gasteiger charge is -2.28. The molecule has 0 unspecified atom stereocenters. The first-order valence-corrected chi connectivity index (χ1v) is 7.45. The molecule has 3 nitrogen and oxygen atoms in total. The van der Waals surface area contributed by atoms with Gasteiger partial charge in [0.05, 0.1) is 0 Å². The van der Waals surface area contributed by atoms with Crippen LogP contribution in [0.3, 0.4) is 0 Å². The first-order valence-electron chi connectivity index (χ1n) is 7.45. The standard InChI is InChI=1S/C17H25NO2/c1-13(19)20-17-10-8-16(9-11-17)15-6-4-14(5-7-15)12-18(2)3/h4-7,16-17H,8-12H2,1-3H3/t16-,17-. The van der Waals surface area contributed by atoms with E-state index < -0.39 is 0 Å². The molecule has 1 aromatic carbocycles. The molecule has 2 rings (SSSR count). The van der Waals surface area contributed by atoms with E-state index >= 15 is 0 Å². The van der Waals surface area contributed by atoms with E-state index in [9.17, 15) is 4.79 Å². The van der Waals surface area contributed by atoms with Gasteiger partial charge in [0.2, 0.25) is 0 Å². The van der Waals surface area contributed by atoms with Gasteiger partial charge in [-0.25, -0.2) is 0 Å². The Labute approximate surface area is 121 Å². The van der Waals surface area contributed by atoms with Crippen LogP contribution in [0.5, 0.6) is 0 Å². The minimum atomic E-state index is -0.151. The summed E-state index contributed by atoms with van der Waals surface area (Å²) in [6.07, 6.45) is 4.35. The Bertz CT molecular complexity index is 431. The normalized spacial score (nSPS) is 22.8. The van der Waals surface area contributed by atoms with E-state index in [1.165, 1.54) is 18.1 Å². The van der Waals surface area contributed by atoms with Crippen LogP contribution in [0.2, 0.25) is 0 Å². The summed E-state index contributed by atoms with van der Waals surface area (Å²) in [6, 6.07) is 8.98. The van der Waals surface area contributed by atoms with Gasteiger partial charge in [0.15, 0.2) is 0 Å². The van der Waals surface area contributed by atoms with Gasteiger partial charge >= 0.3 is 5.97 Å². The lowest BCUT2D eigenvalue weighted by atomic mass is 9.82. The fourth-order valence-electron chi connectivity index (χ4n) is 3.01. The average Bonchev–Trinajstić information content (AvgIpc) is 2.39. The molecule has 1 aliphatic rings. The number of carbonyl (C=O) groups is 1. The lowest BCUT2D eigenvalue weighted by Crippen LogP contribution is -2.22. The Morgan fingerprint density at radius 1 is 1.15 bits per heavy atom. The number of benzene rings is 1. The van der Waals surface area contributed by atoms with Crippen molar-refractivity contribution < 1.29 is 9.53 Å². The van der Waals surface area contributed by atoms with Crippen LogP contribution in [0.4, 0.5) is 0 Å². The number of esters is 1. The molecule has 20 heavy (non-hydrogen) atoms. The molecule has 0 amide bonds. The third-order valence-electron chi connectivity index (χ3n) is 3.96. The third-order valence-corrected chi connectivity index (χ3v) is 3.96. The van der Waals surface area contributed by atoms with Gasteiger partial charge in [0.25, 0.3) is 0 Å². The molecule has 3 heteroatoms. The van der Waals surface area contributed by atoms with E-state index in [1.54, 1.807) is 0 Å². The van der Waals surface area contributed by atoms with E-state index in [1.807, 2.05) is 0 Å². The summed E-state index contributed by atoms with van der Waals surface area (Å²) in [5, 5.41) is 0. The van der Waals surface area contributed by atoms with Crippen molar-refractivity contribution in [3.63, 3.8) is 0 Å². The molecule has 1 aromatic rings. The van der Waals surface area contributed by atoms with Crippen molar-refractivity contribution in [2.75, 3.05) is 14.1 Å². The van der Waals surface area contributed by atoms with Gasteiger partial charge < -0.3 is 9.64 Å². The van der Waals surface area contributed by atoms with Crippen LogP contribution in [-0.4, -0.2) is 31.1 Å². The van der Waals surface area contributed by atoms with E-state index in [0.717, 1.165) is 32.2 Å². The lowest BCUT2D eigenvalue weighted by molar-refractivity contribution is -0.147. The fourth-order valence-corrected chi connectivity index (χ4v) is 3.01. The van der Waals surface area contributed by atoms with Gasteiger partial charge in [0, 0.05) is 13.5 Å². The molecule has 0 saturated heterocycles. The summed E-state index contributed by atoms with van der Waals surface area (Å²) in [5.41, 5.74) is 2.78. The van der Waals surface area contributed by atoms with Crippen molar-refractivity contribution in [3.8, 4) is 0 Å². The van der Waals surface area contributed by atoms with Crippen molar-refractivity contribution in [2.45, 2.75) is 51.2 Å². The van der Waals surface area contributed by atoms with E-state index in [0.29, 0.717) is 5.92 Å². The topological polar surface area (TPSA) is 29.5 Å². The Hall–Kier alpha value is -1.35. The molecule has 0 aliphatic heterocycles. The molecule has 110 valence electrons. The zero-order valence-corrected chi connectivity index (χ0v) is 12.8. The molecule has 1 aliphatic carbocycles. The summed E-state index contributed by atoms with van der Waals surface area (Å²) in [6.45, 7) is 2.48. The van der Waals surface area contributed by atoms with Crippen LogP contribution in [-0.2, 0) is 16.1 Å². The first-order chi connectivity index (χ1) is 9.54.